The number of hydrogen-bond donors (Lipinski definition) is 0. The minimum Gasteiger partial charge on any atom is -0.472 e. The van der Waals surface area contributed by atoms with Crippen LogP contribution in [0, 0.1) is 0 Å². The highest BCUT2D eigenvalue weighted by Crippen LogP contribution is 2.57. The van der Waals surface area contributed by atoms with Crippen LogP contribution in [0.3, 0.4) is 0 Å². The minimum atomic E-state index is -0.0889. The van der Waals surface area contributed by atoms with E-state index in [1.54, 1.807) is 0 Å². The van der Waals surface area contributed by atoms with Gasteiger partial charge < -0.3 is 14.2 Å². The maximum absolute atomic E-state index is 7.82. The fraction of sp³-hybridized carbons (Fsp3) is 0.548. The van der Waals surface area contributed by atoms with Crippen LogP contribution in [0.5, 0.6) is 0 Å². The third-order valence-corrected chi connectivity index (χ3v) is 19.2. The molecule has 0 spiro atoms. The number of nitrogens with zero attached hydrogens (tertiary/aromatic N) is 2. The second kappa shape index (κ2) is 13.5. The zero-order valence-corrected chi connectivity index (χ0v) is 44.0. The highest BCUT2D eigenvalue weighted by Gasteiger charge is 2.54. The molecule has 5 aromatic rings. The first-order chi connectivity index (χ1) is 30.6. The summed E-state index contributed by atoms with van der Waals surface area (Å²) in [5.74, 6) is 1.20. The molecule has 11 rings (SSSR count). The number of fused-ring (bicyclic) bond motifs is 9. The van der Waals surface area contributed by atoms with E-state index in [-0.39, 0.29) is 50.0 Å². The maximum Gasteiger partial charge on any atom is 0.297 e. The van der Waals surface area contributed by atoms with Gasteiger partial charge in [0.2, 0.25) is 0 Å². The summed E-state index contributed by atoms with van der Waals surface area (Å²) >= 11 is 0. The van der Waals surface area contributed by atoms with Crippen molar-refractivity contribution in [3.8, 4) is 0 Å². The van der Waals surface area contributed by atoms with Crippen LogP contribution in [-0.2, 0) is 49.7 Å². The molecule has 1 aromatic heterocycles. The van der Waals surface area contributed by atoms with Crippen molar-refractivity contribution in [3.05, 3.63) is 111 Å². The number of rotatable bonds is 3. The van der Waals surface area contributed by atoms with Crippen molar-refractivity contribution in [3.63, 3.8) is 0 Å². The fourth-order valence-corrected chi connectivity index (χ4v) is 14.1. The van der Waals surface area contributed by atoms with E-state index < -0.39 is 0 Å². The molecule has 0 fully saturated rings. The van der Waals surface area contributed by atoms with Crippen molar-refractivity contribution in [1.29, 1.82) is 0 Å². The molecule has 0 N–H and O–H groups in total. The molecule has 0 saturated carbocycles. The Balaban J connectivity index is 1.28. The Labute approximate surface area is 399 Å². The van der Waals surface area contributed by atoms with Crippen LogP contribution < -0.4 is 26.4 Å². The molecule has 4 aromatic carbocycles. The van der Waals surface area contributed by atoms with Gasteiger partial charge in [0.15, 0.2) is 0 Å². The van der Waals surface area contributed by atoms with Crippen molar-refractivity contribution in [2.24, 2.45) is 0 Å². The molecule has 4 aliphatic carbocycles. The number of furan rings is 1. The summed E-state index contributed by atoms with van der Waals surface area (Å²) in [6, 6.07) is 25.7. The van der Waals surface area contributed by atoms with E-state index in [9.17, 15) is 0 Å². The number of aryl methyl sites for hydroxylation is 1. The Bertz CT molecular complexity index is 2890. The quantitative estimate of drug-likeness (QED) is 0.165. The average molecular weight is 879 g/mol. The lowest BCUT2D eigenvalue weighted by atomic mass is 9.35. The predicted molar refractivity (Wildman–Crippen MR) is 283 cm³/mol. The molecule has 0 unspecified atom stereocenters. The summed E-state index contributed by atoms with van der Waals surface area (Å²) in [6.45, 7) is 41.9. The van der Waals surface area contributed by atoms with Gasteiger partial charge in [-0.3, -0.25) is 0 Å². The van der Waals surface area contributed by atoms with Crippen molar-refractivity contribution in [2.75, 3.05) is 9.80 Å². The van der Waals surface area contributed by atoms with Crippen molar-refractivity contribution in [2.45, 2.75) is 219 Å². The van der Waals surface area contributed by atoms with Gasteiger partial charge in [-0.2, -0.15) is 0 Å². The first kappa shape index (κ1) is 44.3. The van der Waals surface area contributed by atoms with Crippen LogP contribution >= 0.6 is 0 Å². The van der Waals surface area contributed by atoms with Crippen LogP contribution in [0.15, 0.2) is 65.1 Å². The molecule has 3 heterocycles. The van der Waals surface area contributed by atoms with E-state index in [1.165, 1.54) is 134 Å². The molecule has 3 nitrogen and oxygen atoms in total. The van der Waals surface area contributed by atoms with Crippen LogP contribution in [0.2, 0.25) is 0 Å². The molecule has 0 amide bonds. The Morgan fingerprint density at radius 1 is 0.439 bits per heavy atom. The summed E-state index contributed by atoms with van der Waals surface area (Å²) in [5, 5.41) is 0. The van der Waals surface area contributed by atoms with Gasteiger partial charge in [-0.25, -0.2) is 0 Å². The van der Waals surface area contributed by atoms with E-state index in [0.717, 1.165) is 24.9 Å². The third-order valence-electron chi connectivity index (χ3n) is 19.2. The Hall–Kier alpha value is -4.18. The smallest absolute Gasteiger partial charge is 0.297 e. The van der Waals surface area contributed by atoms with E-state index in [0.29, 0.717) is 0 Å². The lowest BCUT2D eigenvalue weighted by molar-refractivity contribution is 0.282. The number of benzene rings is 4. The molecule has 0 atom stereocenters. The van der Waals surface area contributed by atoms with Crippen molar-refractivity contribution >= 4 is 57.4 Å². The van der Waals surface area contributed by atoms with Crippen LogP contribution in [0.25, 0.3) is 0 Å². The summed E-state index contributed by atoms with van der Waals surface area (Å²) in [4.78, 5) is 5.44. The summed E-state index contributed by atoms with van der Waals surface area (Å²) in [7, 11) is 0. The molecule has 0 radical (unpaired) electrons. The van der Waals surface area contributed by atoms with Gasteiger partial charge in [-0.1, -0.05) is 136 Å². The lowest BCUT2D eigenvalue weighted by Crippen LogP contribution is -2.61. The van der Waals surface area contributed by atoms with Gasteiger partial charge in [0.1, 0.15) is 5.76 Å². The largest absolute Gasteiger partial charge is 0.472 e. The van der Waals surface area contributed by atoms with E-state index >= 15 is 0 Å². The highest BCUT2D eigenvalue weighted by molar-refractivity contribution is 6.99. The first-order valence-electron chi connectivity index (χ1n) is 26.0. The van der Waals surface area contributed by atoms with Crippen molar-refractivity contribution in [1.82, 2.24) is 0 Å². The normalized spacial score (nSPS) is 23.4. The van der Waals surface area contributed by atoms with Gasteiger partial charge in [0, 0.05) is 39.4 Å². The molecule has 4 heteroatoms. The zero-order chi connectivity index (χ0) is 47.3. The van der Waals surface area contributed by atoms with Gasteiger partial charge in [-0.05, 0) is 188 Å². The average Bonchev–Trinajstić information content (AvgIpc) is 3.67. The van der Waals surface area contributed by atoms with E-state index in [4.69, 9.17) is 4.42 Å². The van der Waals surface area contributed by atoms with Crippen LogP contribution in [0.4, 0.5) is 34.1 Å². The van der Waals surface area contributed by atoms with Gasteiger partial charge in [-0.15, -0.1) is 0 Å². The highest BCUT2D eigenvalue weighted by atomic mass is 16.3. The Kier molecular flexibility index (Phi) is 9.09. The zero-order valence-electron chi connectivity index (χ0n) is 44.0. The molecule has 0 bridgehead atoms. The summed E-state index contributed by atoms with van der Waals surface area (Å²) in [5.41, 5.74) is 24.0. The standard InChI is InChI=1S/C62H79BN2O/c1-18-37-31-48-51-49(32-37)65(39-20-22-41-43(34-39)58(8,9)26-24-56(41,4)5)52-50-53(62(16,17)30-29-61(50,14)15)66-54(52)63(51)46-35-44-45(60(12,13)28-27-59(44,10)11)36-47(46)64(48)38-19-21-40-42(33-38)57(6,7)25-23-55(40,2)3/h19-22,31-36H,18,23-30H2,1-17H3. The van der Waals surface area contributed by atoms with E-state index in [1.807, 2.05) is 0 Å². The molecule has 66 heavy (non-hydrogen) atoms. The monoisotopic (exact) mass is 879 g/mol. The number of anilines is 6. The minimum absolute atomic E-state index is 0.0530. The van der Waals surface area contributed by atoms with Gasteiger partial charge in [0.25, 0.3) is 6.71 Å². The Morgan fingerprint density at radius 2 is 0.848 bits per heavy atom. The summed E-state index contributed by atoms with van der Waals surface area (Å²) in [6.07, 6.45) is 10.3. The molecule has 0 saturated heterocycles. The van der Waals surface area contributed by atoms with Crippen molar-refractivity contribution < 1.29 is 4.42 Å². The topological polar surface area (TPSA) is 19.6 Å². The predicted octanol–water partition coefficient (Wildman–Crippen LogP) is 15.3. The number of hydrogen-bond acceptors (Lipinski definition) is 3. The maximum atomic E-state index is 7.82. The molecule has 346 valence electrons. The van der Waals surface area contributed by atoms with Crippen LogP contribution in [-0.4, -0.2) is 6.71 Å². The second-order valence-electron chi connectivity index (χ2n) is 27.5. The van der Waals surface area contributed by atoms with E-state index in [2.05, 4.69) is 188 Å². The molecule has 6 aliphatic rings. The Morgan fingerprint density at radius 3 is 1.35 bits per heavy atom. The third kappa shape index (κ3) is 6.13. The summed E-state index contributed by atoms with van der Waals surface area (Å²) < 4.78 is 7.82. The fourth-order valence-electron chi connectivity index (χ4n) is 14.1. The first-order valence-corrected chi connectivity index (χ1v) is 26.0. The second-order valence-corrected chi connectivity index (χ2v) is 27.5. The SMILES string of the molecule is CCc1cc2c3c(c1)N(c1ccc4c(c1)C(C)(C)CCC4(C)C)c1c(oc4c1C(C)(C)CCC4(C)C)B3c1cc3c(cc1N2c1ccc2c(c1)C(C)(C)CCC2(C)C)C(C)(C)CCC3(C)C. The van der Waals surface area contributed by atoms with Gasteiger partial charge in [0.05, 0.1) is 11.3 Å². The van der Waals surface area contributed by atoms with Gasteiger partial charge >= 0.3 is 0 Å². The van der Waals surface area contributed by atoms with Crippen LogP contribution in [0.1, 0.15) is 219 Å². The molecular formula is C62H79BN2O. The lowest BCUT2D eigenvalue weighted by Gasteiger charge is -2.48. The molecular weight excluding hydrogens is 800 g/mol. The molecule has 2 aliphatic heterocycles.